The standard InChI is InChI=1S/C14H22O2/c15-14(10-9-12-5-1-2-6-12)16-11-13-7-3-4-8-13/h9-10,12-13H,1-8,11H2/b10-9-. The van der Waals surface area contributed by atoms with E-state index in [0.29, 0.717) is 18.4 Å². The van der Waals surface area contributed by atoms with Gasteiger partial charge in [-0.05, 0) is 37.5 Å². The molecule has 0 aliphatic heterocycles. The largest absolute Gasteiger partial charge is 0.462 e. The van der Waals surface area contributed by atoms with Crippen molar-refractivity contribution in [2.75, 3.05) is 6.61 Å². The predicted octanol–water partition coefficient (Wildman–Crippen LogP) is 3.47. The average molecular weight is 222 g/mol. The quantitative estimate of drug-likeness (QED) is 0.538. The summed E-state index contributed by atoms with van der Waals surface area (Å²) in [6, 6.07) is 0. The molecule has 2 fully saturated rings. The van der Waals surface area contributed by atoms with Gasteiger partial charge in [-0.3, -0.25) is 0 Å². The number of allylic oxidation sites excluding steroid dienone is 1. The van der Waals surface area contributed by atoms with E-state index in [1.54, 1.807) is 6.08 Å². The third-order valence-electron chi connectivity index (χ3n) is 3.84. The molecule has 0 saturated heterocycles. The van der Waals surface area contributed by atoms with Crippen LogP contribution in [0.5, 0.6) is 0 Å². The summed E-state index contributed by atoms with van der Waals surface area (Å²) in [5.41, 5.74) is 0. The fourth-order valence-electron chi connectivity index (χ4n) is 2.79. The average Bonchev–Trinajstić information content (AvgIpc) is 2.96. The Morgan fingerprint density at radius 1 is 1.06 bits per heavy atom. The first-order valence-corrected chi connectivity index (χ1v) is 6.69. The van der Waals surface area contributed by atoms with E-state index in [9.17, 15) is 4.79 Å². The van der Waals surface area contributed by atoms with Crippen LogP contribution in [0.2, 0.25) is 0 Å². The van der Waals surface area contributed by atoms with Crippen LogP contribution in [0, 0.1) is 11.8 Å². The molecular weight excluding hydrogens is 200 g/mol. The Hall–Kier alpha value is -0.790. The van der Waals surface area contributed by atoms with Gasteiger partial charge < -0.3 is 4.74 Å². The maximum absolute atomic E-state index is 11.4. The molecule has 2 saturated carbocycles. The Bertz CT molecular complexity index is 245. The minimum Gasteiger partial charge on any atom is -0.462 e. The molecule has 0 unspecified atom stereocenters. The lowest BCUT2D eigenvalue weighted by Gasteiger charge is -2.08. The molecule has 2 aliphatic rings. The first kappa shape index (κ1) is 11.7. The second kappa shape index (κ2) is 6.07. The summed E-state index contributed by atoms with van der Waals surface area (Å²) in [6.45, 7) is 0.633. The van der Waals surface area contributed by atoms with Crippen molar-refractivity contribution in [3.05, 3.63) is 12.2 Å². The van der Waals surface area contributed by atoms with Crippen molar-refractivity contribution in [1.82, 2.24) is 0 Å². The molecule has 0 bridgehead atoms. The molecule has 90 valence electrons. The van der Waals surface area contributed by atoms with Crippen LogP contribution in [-0.2, 0) is 9.53 Å². The van der Waals surface area contributed by atoms with Crippen LogP contribution >= 0.6 is 0 Å². The second-order valence-electron chi connectivity index (χ2n) is 5.18. The molecule has 0 aromatic rings. The van der Waals surface area contributed by atoms with Gasteiger partial charge in [-0.2, -0.15) is 0 Å². The highest BCUT2D eigenvalue weighted by atomic mass is 16.5. The Balaban J connectivity index is 1.63. The van der Waals surface area contributed by atoms with E-state index in [4.69, 9.17) is 4.74 Å². The van der Waals surface area contributed by atoms with Crippen LogP contribution in [0.15, 0.2) is 12.2 Å². The van der Waals surface area contributed by atoms with Crippen LogP contribution in [-0.4, -0.2) is 12.6 Å². The van der Waals surface area contributed by atoms with Gasteiger partial charge in [0.1, 0.15) is 0 Å². The Morgan fingerprint density at radius 3 is 2.38 bits per heavy atom. The van der Waals surface area contributed by atoms with Gasteiger partial charge in [0.15, 0.2) is 0 Å². The highest BCUT2D eigenvalue weighted by Crippen LogP contribution is 2.26. The maximum Gasteiger partial charge on any atom is 0.330 e. The lowest BCUT2D eigenvalue weighted by molar-refractivity contribution is -0.139. The number of rotatable bonds is 4. The summed E-state index contributed by atoms with van der Waals surface area (Å²) in [5.74, 6) is 1.11. The van der Waals surface area contributed by atoms with Gasteiger partial charge in [-0.25, -0.2) is 4.79 Å². The molecule has 2 nitrogen and oxygen atoms in total. The summed E-state index contributed by atoms with van der Waals surface area (Å²) < 4.78 is 5.26. The van der Waals surface area contributed by atoms with E-state index in [1.807, 2.05) is 6.08 Å². The molecule has 0 aromatic heterocycles. The number of hydrogen-bond donors (Lipinski definition) is 0. The molecule has 2 aliphatic carbocycles. The van der Waals surface area contributed by atoms with Crippen LogP contribution in [0.1, 0.15) is 51.4 Å². The van der Waals surface area contributed by atoms with E-state index < -0.39 is 0 Å². The molecule has 0 heterocycles. The van der Waals surface area contributed by atoms with Crippen molar-refractivity contribution >= 4 is 5.97 Å². The lowest BCUT2D eigenvalue weighted by Crippen LogP contribution is -2.10. The van der Waals surface area contributed by atoms with Crippen molar-refractivity contribution in [1.29, 1.82) is 0 Å². The smallest absolute Gasteiger partial charge is 0.330 e. The first-order chi connectivity index (χ1) is 7.84. The third-order valence-corrected chi connectivity index (χ3v) is 3.84. The van der Waals surface area contributed by atoms with Crippen molar-refractivity contribution < 1.29 is 9.53 Å². The fourth-order valence-corrected chi connectivity index (χ4v) is 2.79. The Morgan fingerprint density at radius 2 is 1.69 bits per heavy atom. The second-order valence-corrected chi connectivity index (χ2v) is 5.18. The minimum absolute atomic E-state index is 0.140. The van der Waals surface area contributed by atoms with Gasteiger partial charge in [0.2, 0.25) is 0 Å². The monoisotopic (exact) mass is 222 g/mol. The van der Waals surface area contributed by atoms with Crippen LogP contribution < -0.4 is 0 Å². The molecule has 0 radical (unpaired) electrons. The highest BCUT2D eigenvalue weighted by Gasteiger charge is 2.16. The minimum atomic E-state index is -0.140. The van der Waals surface area contributed by atoms with Crippen molar-refractivity contribution in [3.8, 4) is 0 Å². The van der Waals surface area contributed by atoms with Gasteiger partial charge in [0.05, 0.1) is 6.61 Å². The molecule has 0 amide bonds. The zero-order valence-electron chi connectivity index (χ0n) is 9.99. The number of ether oxygens (including phenoxy) is 1. The van der Waals surface area contributed by atoms with Crippen molar-refractivity contribution in [2.24, 2.45) is 11.8 Å². The molecule has 2 heteroatoms. The SMILES string of the molecule is O=C(/C=C\C1CCCC1)OCC1CCCC1. The van der Waals surface area contributed by atoms with Crippen molar-refractivity contribution in [3.63, 3.8) is 0 Å². The zero-order valence-corrected chi connectivity index (χ0v) is 9.99. The van der Waals surface area contributed by atoms with E-state index >= 15 is 0 Å². The number of esters is 1. The van der Waals surface area contributed by atoms with Gasteiger partial charge >= 0.3 is 5.97 Å². The number of carbonyl (C=O) groups is 1. The first-order valence-electron chi connectivity index (χ1n) is 6.69. The summed E-state index contributed by atoms with van der Waals surface area (Å²) >= 11 is 0. The molecule has 0 N–H and O–H groups in total. The Labute approximate surface area is 98.1 Å². The maximum atomic E-state index is 11.4. The fraction of sp³-hybridized carbons (Fsp3) is 0.786. The normalized spacial score (nSPS) is 23.2. The lowest BCUT2D eigenvalue weighted by atomic mass is 10.1. The summed E-state index contributed by atoms with van der Waals surface area (Å²) in [5, 5.41) is 0. The summed E-state index contributed by atoms with van der Waals surface area (Å²) in [6.07, 6.45) is 13.9. The van der Waals surface area contributed by atoms with Crippen LogP contribution in [0.25, 0.3) is 0 Å². The van der Waals surface area contributed by atoms with Crippen LogP contribution in [0.3, 0.4) is 0 Å². The summed E-state index contributed by atoms with van der Waals surface area (Å²) in [4.78, 5) is 11.4. The predicted molar refractivity (Wildman–Crippen MR) is 64.0 cm³/mol. The molecule has 16 heavy (non-hydrogen) atoms. The topological polar surface area (TPSA) is 26.3 Å². The van der Waals surface area contributed by atoms with Gasteiger partial charge in [-0.15, -0.1) is 0 Å². The molecule has 0 aromatic carbocycles. The zero-order chi connectivity index (χ0) is 11.2. The molecule has 0 spiro atoms. The van der Waals surface area contributed by atoms with Crippen molar-refractivity contribution in [2.45, 2.75) is 51.4 Å². The molecule has 2 rings (SSSR count). The van der Waals surface area contributed by atoms with Gasteiger partial charge in [0, 0.05) is 6.08 Å². The van der Waals surface area contributed by atoms with E-state index in [1.165, 1.54) is 51.4 Å². The van der Waals surface area contributed by atoms with E-state index in [-0.39, 0.29) is 5.97 Å². The molecular formula is C14H22O2. The van der Waals surface area contributed by atoms with Gasteiger partial charge in [0.25, 0.3) is 0 Å². The van der Waals surface area contributed by atoms with Crippen LogP contribution in [0.4, 0.5) is 0 Å². The summed E-state index contributed by atoms with van der Waals surface area (Å²) in [7, 11) is 0. The van der Waals surface area contributed by atoms with E-state index in [0.717, 1.165) is 0 Å². The molecule has 0 atom stereocenters. The highest BCUT2D eigenvalue weighted by molar-refractivity contribution is 5.81. The van der Waals surface area contributed by atoms with Gasteiger partial charge in [-0.1, -0.05) is 31.8 Å². The van der Waals surface area contributed by atoms with E-state index in [2.05, 4.69) is 0 Å². The number of hydrogen-bond acceptors (Lipinski definition) is 2. The Kier molecular flexibility index (Phi) is 4.44. The third kappa shape index (κ3) is 3.66. The number of carbonyl (C=O) groups excluding carboxylic acids is 1.